The quantitative estimate of drug-likeness (QED) is 0.513. The minimum absolute atomic E-state index is 0.278. The number of nitrogens with zero attached hydrogens (tertiary/aromatic N) is 1. The van der Waals surface area contributed by atoms with Crippen LogP contribution in [0.4, 0.5) is 4.39 Å². The zero-order valence-corrected chi connectivity index (χ0v) is 8.11. The molecule has 0 bridgehead atoms. The number of rotatable bonds is 1. The number of nitriles is 1. The van der Waals surface area contributed by atoms with Crippen molar-refractivity contribution in [3.8, 4) is 17.9 Å². The van der Waals surface area contributed by atoms with Gasteiger partial charge in [-0.25, -0.2) is 4.39 Å². The highest BCUT2D eigenvalue weighted by molar-refractivity contribution is 6.18. The molecule has 0 heterocycles. The van der Waals surface area contributed by atoms with Gasteiger partial charge in [0.05, 0.1) is 11.6 Å². The smallest absolute Gasteiger partial charge is 0.125 e. The maximum absolute atomic E-state index is 12.9. The molecule has 0 radical (unpaired) electrons. The lowest BCUT2D eigenvalue weighted by molar-refractivity contribution is 0.627. The molecule has 0 N–H and O–H groups in total. The third kappa shape index (κ3) is 3.09. The van der Waals surface area contributed by atoms with Gasteiger partial charge in [-0.3, -0.25) is 0 Å². The Kier molecular flexibility index (Phi) is 3.98. The van der Waals surface area contributed by atoms with Crippen molar-refractivity contribution in [3.05, 3.63) is 35.1 Å². The molecule has 0 fully saturated rings. The molecule has 0 aliphatic heterocycles. The van der Waals surface area contributed by atoms with E-state index in [9.17, 15) is 4.39 Å². The fourth-order valence-corrected chi connectivity index (χ4v) is 1.03. The molecule has 3 heteroatoms. The van der Waals surface area contributed by atoms with Crippen LogP contribution in [0.25, 0.3) is 0 Å². The lowest BCUT2D eigenvalue weighted by Gasteiger charge is -1.92. The van der Waals surface area contributed by atoms with Gasteiger partial charge >= 0.3 is 0 Å². The van der Waals surface area contributed by atoms with Crippen molar-refractivity contribution in [1.29, 1.82) is 5.26 Å². The third-order valence-electron chi connectivity index (χ3n) is 1.48. The third-order valence-corrected chi connectivity index (χ3v) is 1.67. The van der Waals surface area contributed by atoms with Gasteiger partial charge in [0.1, 0.15) is 5.82 Å². The first-order valence-corrected chi connectivity index (χ1v) is 4.55. The Morgan fingerprint density at radius 1 is 1.29 bits per heavy atom. The van der Waals surface area contributed by atoms with E-state index in [1.165, 1.54) is 12.1 Å². The van der Waals surface area contributed by atoms with Crippen LogP contribution in [0.3, 0.4) is 0 Å². The van der Waals surface area contributed by atoms with E-state index < -0.39 is 5.82 Å². The number of hydrogen-bond acceptors (Lipinski definition) is 1. The van der Waals surface area contributed by atoms with Gasteiger partial charge in [-0.05, 0) is 18.2 Å². The van der Waals surface area contributed by atoms with Crippen LogP contribution in [0.1, 0.15) is 17.5 Å². The van der Waals surface area contributed by atoms with Crippen molar-refractivity contribution in [2.24, 2.45) is 0 Å². The molecule has 0 aliphatic rings. The van der Waals surface area contributed by atoms with Crippen LogP contribution in [0.5, 0.6) is 0 Å². The summed E-state index contributed by atoms with van der Waals surface area (Å²) in [5, 5.41) is 8.57. The Hall–Kier alpha value is -1.51. The monoisotopic (exact) mass is 207 g/mol. The second-order valence-electron chi connectivity index (χ2n) is 2.58. The molecule has 1 nitrogen and oxygen atoms in total. The Morgan fingerprint density at radius 3 is 2.64 bits per heavy atom. The number of hydrogen-bond donors (Lipinski definition) is 0. The zero-order valence-electron chi connectivity index (χ0n) is 7.35. The maximum Gasteiger partial charge on any atom is 0.125 e. The minimum atomic E-state index is -0.445. The van der Waals surface area contributed by atoms with Gasteiger partial charge in [0.15, 0.2) is 0 Å². The van der Waals surface area contributed by atoms with Crippen molar-refractivity contribution < 1.29 is 4.39 Å². The first-order valence-electron chi connectivity index (χ1n) is 4.02. The van der Waals surface area contributed by atoms with Gasteiger partial charge in [-0.2, -0.15) is 5.26 Å². The van der Waals surface area contributed by atoms with Crippen molar-refractivity contribution in [1.82, 2.24) is 0 Å². The average Bonchev–Trinajstić information content (AvgIpc) is 2.17. The average molecular weight is 208 g/mol. The summed E-state index contributed by atoms with van der Waals surface area (Å²) >= 11 is 5.43. The Bertz CT molecular complexity index is 423. The van der Waals surface area contributed by atoms with E-state index in [0.29, 0.717) is 17.9 Å². The Morgan fingerprint density at radius 2 is 2.00 bits per heavy atom. The predicted octanol–water partition coefficient (Wildman–Crippen LogP) is 2.68. The van der Waals surface area contributed by atoms with Crippen LogP contribution in [0.2, 0.25) is 0 Å². The summed E-state index contributed by atoms with van der Waals surface area (Å²) in [5.41, 5.74) is 0.784. The molecule has 0 aromatic heterocycles. The van der Waals surface area contributed by atoms with E-state index in [2.05, 4.69) is 11.8 Å². The fourth-order valence-electron chi connectivity index (χ4n) is 0.938. The van der Waals surface area contributed by atoms with Gasteiger partial charge in [0.25, 0.3) is 0 Å². The maximum atomic E-state index is 12.9. The molecule has 14 heavy (non-hydrogen) atoms. The molecule has 0 atom stereocenters. The second-order valence-corrected chi connectivity index (χ2v) is 2.96. The molecule has 0 saturated carbocycles. The van der Waals surface area contributed by atoms with Crippen LogP contribution >= 0.6 is 11.6 Å². The molecular weight excluding hydrogens is 201 g/mol. The highest BCUT2D eigenvalue weighted by Crippen LogP contribution is 2.07. The fraction of sp³-hybridized carbons (Fsp3) is 0.182. The van der Waals surface area contributed by atoms with Crippen LogP contribution in [-0.2, 0) is 0 Å². The summed E-state index contributed by atoms with van der Waals surface area (Å²) < 4.78 is 12.9. The van der Waals surface area contributed by atoms with Crippen molar-refractivity contribution in [2.45, 2.75) is 6.42 Å². The molecule has 1 aromatic rings. The van der Waals surface area contributed by atoms with Gasteiger partial charge in [-0.15, -0.1) is 11.6 Å². The lowest BCUT2D eigenvalue weighted by atomic mass is 10.1. The first kappa shape index (κ1) is 10.6. The van der Waals surface area contributed by atoms with Gasteiger partial charge < -0.3 is 0 Å². The largest absolute Gasteiger partial charge is 0.207 e. The summed E-state index contributed by atoms with van der Waals surface area (Å²) in [7, 11) is 0. The normalized spacial score (nSPS) is 8.64. The van der Waals surface area contributed by atoms with Gasteiger partial charge in [-0.1, -0.05) is 11.8 Å². The van der Waals surface area contributed by atoms with Crippen LogP contribution in [-0.4, -0.2) is 5.88 Å². The van der Waals surface area contributed by atoms with Crippen LogP contribution in [0.15, 0.2) is 18.2 Å². The molecule has 1 rings (SSSR count). The summed E-state index contributed by atoms with van der Waals surface area (Å²) in [6, 6.07) is 5.88. The van der Waals surface area contributed by atoms with Crippen molar-refractivity contribution in [3.63, 3.8) is 0 Å². The summed E-state index contributed by atoms with van der Waals surface area (Å²) in [6.07, 6.45) is 0.556. The number of alkyl halides is 1. The van der Waals surface area contributed by atoms with E-state index in [0.717, 1.165) is 0 Å². The number of halogens is 2. The summed E-state index contributed by atoms with van der Waals surface area (Å²) in [5.74, 6) is 5.51. The lowest BCUT2D eigenvalue weighted by Crippen LogP contribution is -1.83. The highest BCUT2D eigenvalue weighted by atomic mass is 35.5. The predicted molar refractivity (Wildman–Crippen MR) is 53.3 cm³/mol. The van der Waals surface area contributed by atoms with E-state index in [4.69, 9.17) is 16.9 Å². The molecule has 0 saturated heterocycles. The summed E-state index contributed by atoms with van der Waals surface area (Å²) in [4.78, 5) is 0. The molecular formula is C11H7ClFN. The standard InChI is InChI=1S/C11H7ClFN/c12-4-2-1-3-9-5-10(8-14)7-11(13)6-9/h5-7H,2,4H2. The van der Waals surface area contributed by atoms with Crippen LogP contribution in [0, 0.1) is 29.0 Å². The second kappa shape index (κ2) is 5.27. The highest BCUT2D eigenvalue weighted by Gasteiger charge is 1.97. The molecule has 0 amide bonds. The van der Waals surface area contributed by atoms with Crippen molar-refractivity contribution >= 4 is 11.6 Å². The van der Waals surface area contributed by atoms with Crippen molar-refractivity contribution in [2.75, 3.05) is 5.88 Å². The van der Waals surface area contributed by atoms with E-state index in [1.54, 1.807) is 6.07 Å². The Labute approximate surface area is 87.1 Å². The molecule has 0 spiro atoms. The molecule has 0 aliphatic carbocycles. The Balaban J connectivity index is 2.95. The van der Waals surface area contributed by atoms with Gasteiger partial charge in [0, 0.05) is 17.9 Å². The van der Waals surface area contributed by atoms with Gasteiger partial charge in [0.2, 0.25) is 0 Å². The van der Waals surface area contributed by atoms with E-state index in [-0.39, 0.29) is 5.56 Å². The SMILES string of the molecule is N#Cc1cc(F)cc(C#CCCCl)c1. The first-order chi connectivity index (χ1) is 6.76. The van der Waals surface area contributed by atoms with Crippen LogP contribution < -0.4 is 0 Å². The zero-order chi connectivity index (χ0) is 10.4. The minimum Gasteiger partial charge on any atom is -0.207 e. The summed E-state index contributed by atoms with van der Waals surface area (Å²) in [6.45, 7) is 0. The molecule has 70 valence electrons. The topological polar surface area (TPSA) is 23.8 Å². The molecule has 0 unspecified atom stereocenters. The van der Waals surface area contributed by atoms with E-state index >= 15 is 0 Å². The molecule has 1 aromatic carbocycles. The number of benzene rings is 1. The van der Waals surface area contributed by atoms with E-state index in [1.807, 2.05) is 6.07 Å².